The van der Waals surface area contributed by atoms with Gasteiger partial charge in [0.15, 0.2) is 11.5 Å². The SMILES string of the molecule is COc1cc(/C=N/NC(=O)CCc2nc3ccccc3[nH]c2=O)cc(Br)c1O. The monoisotopic (exact) mass is 444 g/mol. The maximum atomic E-state index is 12.0. The van der Waals surface area contributed by atoms with Gasteiger partial charge in [-0.15, -0.1) is 0 Å². The number of methoxy groups -OCH3 is 1. The number of phenolic OH excluding ortho intramolecular Hbond substituents is 1. The number of ether oxygens (including phenoxy) is 1. The number of aromatic nitrogens is 2. The number of halogens is 1. The number of carbonyl (C=O) groups excluding carboxylic acids is 1. The van der Waals surface area contributed by atoms with Crippen molar-refractivity contribution in [1.29, 1.82) is 0 Å². The number of aryl methyl sites for hydroxylation is 1. The summed E-state index contributed by atoms with van der Waals surface area (Å²) in [5.74, 6) is -0.0871. The Balaban J connectivity index is 1.61. The third-order valence-electron chi connectivity index (χ3n) is 3.93. The summed E-state index contributed by atoms with van der Waals surface area (Å²) in [6.45, 7) is 0. The summed E-state index contributed by atoms with van der Waals surface area (Å²) in [5, 5.41) is 13.7. The highest BCUT2D eigenvalue weighted by Crippen LogP contribution is 2.34. The van der Waals surface area contributed by atoms with Gasteiger partial charge in [0.25, 0.3) is 5.56 Å². The Hall–Kier alpha value is -3.20. The molecule has 0 radical (unpaired) electrons. The molecule has 0 spiro atoms. The summed E-state index contributed by atoms with van der Waals surface area (Å²) in [6, 6.07) is 10.4. The minimum absolute atomic E-state index is 0.0169. The van der Waals surface area contributed by atoms with Gasteiger partial charge < -0.3 is 14.8 Å². The van der Waals surface area contributed by atoms with Crippen molar-refractivity contribution in [3.05, 3.63) is 62.5 Å². The average Bonchev–Trinajstić information content (AvgIpc) is 2.68. The first kappa shape index (κ1) is 19.6. The average molecular weight is 445 g/mol. The second kappa shape index (κ2) is 8.66. The smallest absolute Gasteiger partial charge is 0.270 e. The van der Waals surface area contributed by atoms with Crippen LogP contribution in [0.15, 0.2) is 50.8 Å². The van der Waals surface area contributed by atoms with Gasteiger partial charge in [-0.05, 0) is 45.8 Å². The number of carbonyl (C=O) groups is 1. The molecule has 0 aliphatic heterocycles. The summed E-state index contributed by atoms with van der Waals surface area (Å²) >= 11 is 3.21. The van der Waals surface area contributed by atoms with E-state index < -0.39 is 0 Å². The lowest BCUT2D eigenvalue weighted by molar-refractivity contribution is -0.121. The van der Waals surface area contributed by atoms with Crippen LogP contribution in [-0.2, 0) is 11.2 Å². The minimum atomic E-state index is -0.351. The fourth-order valence-electron chi connectivity index (χ4n) is 2.53. The van der Waals surface area contributed by atoms with Crippen molar-refractivity contribution < 1.29 is 14.6 Å². The molecule has 3 aromatic rings. The molecule has 9 heteroatoms. The Morgan fingerprint density at radius 1 is 1.39 bits per heavy atom. The summed E-state index contributed by atoms with van der Waals surface area (Å²) < 4.78 is 5.50. The second-order valence-electron chi connectivity index (χ2n) is 5.88. The molecule has 8 nitrogen and oxygen atoms in total. The first-order valence-electron chi connectivity index (χ1n) is 8.34. The van der Waals surface area contributed by atoms with Gasteiger partial charge in [0.05, 0.1) is 28.8 Å². The van der Waals surface area contributed by atoms with Gasteiger partial charge >= 0.3 is 0 Å². The van der Waals surface area contributed by atoms with Crippen LogP contribution in [-0.4, -0.2) is 34.3 Å². The highest BCUT2D eigenvalue weighted by molar-refractivity contribution is 9.10. The number of aromatic amines is 1. The predicted molar refractivity (Wildman–Crippen MR) is 109 cm³/mol. The zero-order chi connectivity index (χ0) is 20.1. The molecule has 0 saturated carbocycles. The van der Waals surface area contributed by atoms with Crippen molar-refractivity contribution in [1.82, 2.24) is 15.4 Å². The molecule has 0 unspecified atom stereocenters. The summed E-state index contributed by atoms with van der Waals surface area (Å²) in [7, 11) is 1.44. The van der Waals surface area contributed by atoms with E-state index in [2.05, 4.69) is 36.4 Å². The van der Waals surface area contributed by atoms with Crippen LogP contribution >= 0.6 is 15.9 Å². The molecular weight excluding hydrogens is 428 g/mol. The highest BCUT2D eigenvalue weighted by atomic mass is 79.9. The molecule has 1 heterocycles. The van der Waals surface area contributed by atoms with Crippen LogP contribution in [0.1, 0.15) is 17.7 Å². The van der Waals surface area contributed by atoms with Crippen molar-refractivity contribution >= 4 is 39.1 Å². The normalized spacial score (nSPS) is 11.1. The van der Waals surface area contributed by atoms with Gasteiger partial charge in [-0.3, -0.25) is 9.59 Å². The summed E-state index contributed by atoms with van der Waals surface area (Å²) in [4.78, 5) is 31.1. The van der Waals surface area contributed by atoms with E-state index in [9.17, 15) is 14.7 Å². The number of benzene rings is 2. The van der Waals surface area contributed by atoms with Crippen LogP contribution in [0.2, 0.25) is 0 Å². The number of nitrogens with zero attached hydrogens (tertiary/aromatic N) is 2. The third kappa shape index (κ3) is 4.55. The van der Waals surface area contributed by atoms with Gasteiger partial charge in [0.1, 0.15) is 5.69 Å². The van der Waals surface area contributed by atoms with Crippen molar-refractivity contribution in [2.75, 3.05) is 7.11 Å². The molecule has 28 heavy (non-hydrogen) atoms. The molecule has 144 valence electrons. The molecule has 2 aromatic carbocycles. The van der Waals surface area contributed by atoms with Gasteiger partial charge in [-0.25, -0.2) is 10.4 Å². The Morgan fingerprint density at radius 3 is 2.96 bits per heavy atom. The maximum absolute atomic E-state index is 12.0. The van der Waals surface area contributed by atoms with E-state index in [1.54, 1.807) is 24.3 Å². The second-order valence-corrected chi connectivity index (χ2v) is 6.73. The number of hydrazone groups is 1. The van der Waals surface area contributed by atoms with E-state index in [4.69, 9.17) is 4.74 Å². The maximum Gasteiger partial charge on any atom is 0.270 e. The molecule has 1 aromatic heterocycles. The van der Waals surface area contributed by atoms with Crippen LogP contribution < -0.4 is 15.7 Å². The van der Waals surface area contributed by atoms with Crippen molar-refractivity contribution in [2.24, 2.45) is 5.10 Å². The van der Waals surface area contributed by atoms with Crippen molar-refractivity contribution in [3.8, 4) is 11.5 Å². The van der Waals surface area contributed by atoms with Crippen LogP contribution in [0.5, 0.6) is 11.5 Å². The number of hydrogen-bond donors (Lipinski definition) is 3. The molecule has 0 fully saturated rings. The van der Waals surface area contributed by atoms with E-state index in [1.807, 2.05) is 12.1 Å². The lowest BCUT2D eigenvalue weighted by atomic mass is 10.2. The lowest BCUT2D eigenvalue weighted by Gasteiger charge is -2.06. The van der Waals surface area contributed by atoms with E-state index in [0.717, 1.165) is 0 Å². The first-order chi connectivity index (χ1) is 13.5. The zero-order valence-electron chi connectivity index (χ0n) is 14.9. The molecule has 0 bridgehead atoms. The number of rotatable bonds is 6. The van der Waals surface area contributed by atoms with Crippen LogP contribution in [0.4, 0.5) is 0 Å². The number of phenols is 1. The highest BCUT2D eigenvalue weighted by Gasteiger charge is 2.09. The Morgan fingerprint density at radius 2 is 2.18 bits per heavy atom. The van der Waals surface area contributed by atoms with E-state index >= 15 is 0 Å². The summed E-state index contributed by atoms with van der Waals surface area (Å²) in [6.07, 6.45) is 1.68. The number of para-hydroxylation sites is 2. The van der Waals surface area contributed by atoms with E-state index in [0.29, 0.717) is 26.8 Å². The molecule has 0 atom stereocenters. The number of nitrogens with one attached hydrogen (secondary N) is 2. The van der Waals surface area contributed by atoms with Gasteiger partial charge in [-0.2, -0.15) is 5.10 Å². The van der Waals surface area contributed by atoms with Crippen molar-refractivity contribution in [2.45, 2.75) is 12.8 Å². The lowest BCUT2D eigenvalue weighted by Crippen LogP contribution is -2.21. The Labute approximate surface area is 168 Å². The molecule has 0 aliphatic carbocycles. The Kier molecular flexibility index (Phi) is 6.05. The Bertz CT molecular complexity index is 1110. The minimum Gasteiger partial charge on any atom is -0.503 e. The molecule has 0 aliphatic rings. The molecule has 1 amide bonds. The largest absolute Gasteiger partial charge is 0.503 e. The van der Waals surface area contributed by atoms with E-state index in [1.165, 1.54) is 13.3 Å². The first-order valence-corrected chi connectivity index (χ1v) is 9.13. The zero-order valence-corrected chi connectivity index (χ0v) is 16.5. The van der Waals surface area contributed by atoms with Crippen molar-refractivity contribution in [3.63, 3.8) is 0 Å². The third-order valence-corrected chi connectivity index (χ3v) is 4.54. The van der Waals surface area contributed by atoms with Gasteiger partial charge in [0, 0.05) is 12.8 Å². The quantitative estimate of drug-likeness (QED) is 0.398. The topological polar surface area (TPSA) is 117 Å². The number of H-pyrrole nitrogens is 1. The fourth-order valence-corrected chi connectivity index (χ4v) is 2.99. The number of hydrogen-bond acceptors (Lipinski definition) is 6. The molecule has 3 rings (SSSR count). The number of fused-ring (bicyclic) bond motifs is 1. The van der Waals surface area contributed by atoms with Gasteiger partial charge in [0.2, 0.25) is 5.91 Å². The molecule has 0 saturated heterocycles. The fraction of sp³-hybridized carbons (Fsp3) is 0.158. The van der Waals surface area contributed by atoms with Crippen LogP contribution in [0.3, 0.4) is 0 Å². The predicted octanol–water partition coefficient (Wildman–Crippen LogP) is 2.48. The number of aromatic hydroxyl groups is 1. The molecule has 3 N–H and O–H groups in total. The summed E-state index contributed by atoms with van der Waals surface area (Å²) in [5.41, 5.74) is 4.33. The van der Waals surface area contributed by atoms with Gasteiger partial charge in [-0.1, -0.05) is 12.1 Å². The van der Waals surface area contributed by atoms with Crippen LogP contribution in [0.25, 0.3) is 11.0 Å². The van der Waals surface area contributed by atoms with Crippen LogP contribution in [0, 0.1) is 0 Å². The standard InChI is InChI=1S/C19H17BrN4O4/c1-28-16-9-11(8-12(20)18(16)26)10-21-24-17(25)7-6-15-19(27)23-14-5-3-2-4-13(14)22-15/h2-5,8-10,26H,6-7H2,1H3,(H,23,27)(H,24,25)/b21-10+. The molecular formula is C19H17BrN4O4. The number of amides is 1. The van der Waals surface area contributed by atoms with E-state index in [-0.39, 0.29) is 35.8 Å².